The molecule has 0 aliphatic carbocycles. The summed E-state index contributed by atoms with van der Waals surface area (Å²) in [5, 5.41) is 0.240. The normalized spacial score (nSPS) is 11.6. The van der Waals surface area contributed by atoms with Crippen LogP contribution >= 0.6 is 23.2 Å². The molecular formula is C4H6Cl2O. The molecular weight excluding hydrogens is 135 g/mol. The Balaban J connectivity index is 3.17. The Morgan fingerprint density at radius 1 is 1.86 bits per heavy atom. The molecule has 0 spiro atoms. The highest BCUT2D eigenvalue weighted by Gasteiger charge is 1.82. The Kier molecular flexibility index (Phi) is 4.36. The second kappa shape index (κ2) is 4.28. The zero-order chi connectivity index (χ0) is 5.70. The molecule has 0 saturated carbocycles. The number of rotatable bonds is 2. The molecule has 0 N–H and O–H groups in total. The first-order valence-electron chi connectivity index (χ1n) is 1.90. The van der Waals surface area contributed by atoms with Gasteiger partial charge in [-0.15, -0.1) is 0 Å². The molecule has 0 unspecified atom stereocenters. The molecule has 0 aliphatic rings. The first-order valence-corrected chi connectivity index (χ1v) is 2.71. The second-order valence-electron chi connectivity index (χ2n) is 0.846. The molecule has 0 aromatic rings. The van der Waals surface area contributed by atoms with Crippen LogP contribution < -0.4 is 0 Å². The van der Waals surface area contributed by atoms with Gasteiger partial charge in [0.05, 0.1) is 12.1 Å². The molecule has 0 heterocycles. The van der Waals surface area contributed by atoms with Gasteiger partial charge in [0, 0.05) is 0 Å². The predicted molar refractivity (Wildman–Crippen MR) is 31.4 cm³/mol. The van der Waals surface area contributed by atoms with E-state index in [0.29, 0.717) is 6.61 Å². The van der Waals surface area contributed by atoms with Gasteiger partial charge in [0.25, 0.3) is 0 Å². The van der Waals surface area contributed by atoms with Crippen LogP contribution in [-0.2, 0) is 4.74 Å². The summed E-state index contributed by atoms with van der Waals surface area (Å²) in [7, 11) is 0. The van der Waals surface area contributed by atoms with Gasteiger partial charge < -0.3 is 4.74 Å². The molecule has 1 nitrogen and oxygen atoms in total. The van der Waals surface area contributed by atoms with E-state index in [-0.39, 0.29) is 5.22 Å². The van der Waals surface area contributed by atoms with Gasteiger partial charge in [0.15, 0.2) is 5.22 Å². The van der Waals surface area contributed by atoms with Crippen LogP contribution in [0.1, 0.15) is 6.92 Å². The van der Waals surface area contributed by atoms with Gasteiger partial charge in [0.2, 0.25) is 0 Å². The molecule has 7 heavy (non-hydrogen) atoms. The van der Waals surface area contributed by atoms with Crippen molar-refractivity contribution in [3.63, 3.8) is 0 Å². The highest BCUT2D eigenvalue weighted by molar-refractivity contribution is 6.35. The fourth-order valence-corrected chi connectivity index (χ4v) is 0.341. The van der Waals surface area contributed by atoms with E-state index in [2.05, 4.69) is 4.74 Å². The van der Waals surface area contributed by atoms with Crippen LogP contribution in [0.15, 0.2) is 10.8 Å². The van der Waals surface area contributed by atoms with Crippen molar-refractivity contribution >= 4 is 23.2 Å². The van der Waals surface area contributed by atoms with E-state index in [0.717, 1.165) is 0 Å². The molecule has 0 fully saturated rings. The van der Waals surface area contributed by atoms with Crippen molar-refractivity contribution in [3.05, 3.63) is 10.8 Å². The molecule has 3 heteroatoms. The summed E-state index contributed by atoms with van der Waals surface area (Å²) < 4.78 is 4.69. The topological polar surface area (TPSA) is 9.23 Å². The van der Waals surface area contributed by atoms with E-state index in [1.165, 1.54) is 5.54 Å². The van der Waals surface area contributed by atoms with E-state index in [1.54, 1.807) is 0 Å². The van der Waals surface area contributed by atoms with Crippen LogP contribution in [0.5, 0.6) is 0 Å². The molecule has 0 saturated heterocycles. The fraction of sp³-hybridized carbons (Fsp3) is 0.500. The van der Waals surface area contributed by atoms with Crippen LogP contribution in [0, 0.1) is 0 Å². The Morgan fingerprint density at radius 3 is 2.57 bits per heavy atom. The predicted octanol–water partition coefficient (Wildman–Crippen LogP) is 2.30. The Labute approximate surface area is 52.9 Å². The second-order valence-corrected chi connectivity index (χ2v) is 1.44. The first kappa shape index (κ1) is 7.12. The smallest absolute Gasteiger partial charge is 0.198 e. The average molecular weight is 141 g/mol. The lowest BCUT2D eigenvalue weighted by Gasteiger charge is -1.94. The lowest BCUT2D eigenvalue weighted by atomic mass is 10.9. The molecule has 0 rings (SSSR count). The highest BCUT2D eigenvalue weighted by atomic mass is 35.5. The van der Waals surface area contributed by atoms with Crippen molar-refractivity contribution in [2.24, 2.45) is 0 Å². The monoisotopic (exact) mass is 140 g/mol. The largest absolute Gasteiger partial charge is 0.483 e. The highest BCUT2D eigenvalue weighted by Crippen LogP contribution is 2.02. The molecule has 0 bridgehead atoms. The maximum absolute atomic E-state index is 5.27. The van der Waals surface area contributed by atoms with E-state index in [1.807, 2.05) is 6.92 Å². The Hall–Kier alpha value is 0.120. The summed E-state index contributed by atoms with van der Waals surface area (Å²) in [4.78, 5) is 0. The molecule has 42 valence electrons. The van der Waals surface area contributed by atoms with Gasteiger partial charge in [-0.3, -0.25) is 0 Å². The SMILES string of the molecule is CCO/C(Cl)=C/Cl. The summed E-state index contributed by atoms with van der Waals surface area (Å²) in [5.41, 5.74) is 1.19. The lowest BCUT2D eigenvalue weighted by Crippen LogP contribution is -1.80. The maximum atomic E-state index is 5.27. The Morgan fingerprint density at radius 2 is 2.43 bits per heavy atom. The molecule has 0 aromatic heterocycles. The van der Waals surface area contributed by atoms with Gasteiger partial charge in [-0.05, 0) is 18.5 Å². The van der Waals surface area contributed by atoms with Gasteiger partial charge >= 0.3 is 0 Å². The van der Waals surface area contributed by atoms with E-state index < -0.39 is 0 Å². The minimum Gasteiger partial charge on any atom is -0.483 e. The van der Waals surface area contributed by atoms with Crippen LogP contribution in [0.3, 0.4) is 0 Å². The molecule has 0 aromatic carbocycles. The van der Waals surface area contributed by atoms with Crippen LogP contribution in [0.2, 0.25) is 0 Å². The minimum atomic E-state index is 0.240. The number of hydrogen-bond donors (Lipinski definition) is 0. The van der Waals surface area contributed by atoms with Crippen molar-refractivity contribution < 1.29 is 4.74 Å². The van der Waals surface area contributed by atoms with Gasteiger partial charge in [-0.1, -0.05) is 11.6 Å². The van der Waals surface area contributed by atoms with E-state index in [4.69, 9.17) is 23.2 Å². The summed E-state index contributed by atoms with van der Waals surface area (Å²) >= 11 is 10.4. The molecule has 0 radical (unpaired) electrons. The third-order valence-corrected chi connectivity index (χ3v) is 0.896. The van der Waals surface area contributed by atoms with E-state index in [9.17, 15) is 0 Å². The van der Waals surface area contributed by atoms with Crippen molar-refractivity contribution in [2.75, 3.05) is 6.61 Å². The van der Waals surface area contributed by atoms with Crippen molar-refractivity contribution in [1.82, 2.24) is 0 Å². The lowest BCUT2D eigenvalue weighted by molar-refractivity contribution is 0.256. The minimum absolute atomic E-state index is 0.240. The number of halogens is 2. The third-order valence-electron chi connectivity index (χ3n) is 0.368. The Bertz CT molecular complexity index is 70.1. The van der Waals surface area contributed by atoms with Crippen molar-refractivity contribution in [3.8, 4) is 0 Å². The summed E-state index contributed by atoms with van der Waals surface area (Å²) in [6.45, 7) is 2.39. The maximum Gasteiger partial charge on any atom is 0.198 e. The summed E-state index contributed by atoms with van der Waals surface area (Å²) in [6.07, 6.45) is 0. The standard InChI is InChI=1S/C4H6Cl2O/c1-2-7-4(6)3-5/h3H,2H2,1H3/b4-3+. The quantitative estimate of drug-likeness (QED) is 0.536. The van der Waals surface area contributed by atoms with Crippen LogP contribution in [0.4, 0.5) is 0 Å². The number of ether oxygens (including phenoxy) is 1. The third kappa shape index (κ3) is 3.96. The summed E-state index contributed by atoms with van der Waals surface area (Å²) in [5.74, 6) is 0. The van der Waals surface area contributed by atoms with Crippen LogP contribution in [0.25, 0.3) is 0 Å². The molecule has 0 amide bonds. The van der Waals surface area contributed by atoms with Gasteiger partial charge in [-0.25, -0.2) is 0 Å². The zero-order valence-electron chi connectivity index (χ0n) is 3.95. The van der Waals surface area contributed by atoms with Crippen LogP contribution in [-0.4, -0.2) is 6.61 Å². The molecule has 0 atom stereocenters. The first-order chi connectivity index (χ1) is 3.31. The van der Waals surface area contributed by atoms with E-state index >= 15 is 0 Å². The van der Waals surface area contributed by atoms with Crippen molar-refractivity contribution in [2.45, 2.75) is 6.92 Å². The summed E-state index contributed by atoms with van der Waals surface area (Å²) in [6, 6.07) is 0. The van der Waals surface area contributed by atoms with Crippen molar-refractivity contribution in [1.29, 1.82) is 0 Å². The molecule has 0 aliphatic heterocycles. The zero-order valence-corrected chi connectivity index (χ0v) is 5.46. The average Bonchev–Trinajstić information content (AvgIpc) is 1.68. The van der Waals surface area contributed by atoms with Gasteiger partial charge in [-0.2, -0.15) is 0 Å². The number of hydrogen-bond acceptors (Lipinski definition) is 1. The van der Waals surface area contributed by atoms with Gasteiger partial charge in [0.1, 0.15) is 0 Å². The fourth-order valence-electron chi connectivity index (χ4n) is 0.169.